The number of carbonyl (C=O) groups is 3. The van der Waals surface area contributed by atoms with Crippen LogP contribution in [0.1, 0.15) is 93.9 Å². The summed E-state index contributed by atoms with van der Waals surface area (Å²) in [5.74, 6) is 1.15. The fourth-order valence-electron chi connectivity index (χ4n) is 2.96. The van der Waals surface area contributed by atoms with Crippen LogP contribution in [0.4, 0.5) is 0 Å². The van der Waals surface area contributed by atoms with Gasteiger partial charge in [-0.2, -0.15) is 0 Å². The van der Waals surface area contributed by atoms with Crippen LogP contribution in [-0.2, 0) is 14.4 Å². The van der Waals surface area contributed by atoms with E-state index in [0.717, 1.165) is 51.2 Å². The Morgan fingerprint density at radius 2 is 1.39 bits per heavy atom. The number of rotatable bonds is 3. The van der Waals surface area contributed by atoms with Crippen molar-refractivity contribution in [3.63, 3.8) is 0 Å². The van der Waals surface area contributed by atoms with Crippen molar-refractivity contribution in [2.45, 2.75) is 100.0 Å². The predicted molar refractivity (Wildman–Crippen MR) is 117 cm³/mol. The number of nitrogens with zero attached hydrogens (tertiary/aromatic N) is 2. The maximum Gasteiger partial charge on any atom is 0.290 e. The second-order valence-corrected chi connectivity index (χ2v) is 7.36. The summed E-state index contributed by atoms with van der Waals surface area (Å²) in [6.45, 7) is 15.0. The van der Waals surface area contributed by atoms with Gasteiger partial charge >= 0.3 is 0 Å². The molecule has 2 amide bonds. The third-order valence-corrected chi connectivity index (χ3v) is 4.13. The molecule has 0 radical (unpaired) electrons. The lowest BCUT2D eigenvalue weighted by atomic mass is 10.1. The molecular formula is C22H46N2O4. The van der Waals surface area contributed by atoms with E-state index in [1.54, 1.807) is 0 Å². The Kier molecular flexibility index (Phi) is 22.4. The molecule has 0 aliphatic carbocycles. The van der Waals surface area contributed by atoms with Gasteiger partial charge in [0.2, 0.25) is 11.8 Å². The van der Waals surface area contributed by atoms with Gasteiger partial charge in [-0.3, -0.25) is 14.4 Å². The molecule has 2 aliphatic heterocycles. The van der Waals surface area contributed by atoms with E-state index < -0.39 is 0 Å². The molecule has 0 aromatic heterocycles. The van der Waals surface area contributed by atoms with Crippen molar-refractivity contribution in [2.24, 2.45) is 5.92 Å². The standard InChI is InChI=1S/C14H24N2O2.C4H10.C2H6.CH2O2.CH4/c1-12-6-5-11-16(12)14(18)8-7-13(17)15-9-3-2-4-10-15;1-4(2)3;1-2;2-1-3;/h12H,2-11H2,1H3;4H,1-3H3;1-2H3;1H,(H,2,3);1H4/t12-;;;;/m1..../s1. The highest BCUT2D eigenvalue weighted by Crippen LogP contribution is 2.18. The average Bonchev–Trinajstić information content (AvgIpc) is 3.08. The molecule has 0 aromatic rings. The molecule has 0 spiro atoms. The largest absolute Gasteiger partial charge is 0.483 e. The summed E-state index contributed by atoms with van der Waals surface area (Å²) in [5.41, 5.74) is 0. The average molecular weight is 403 g/mol. The van der Waals surface area contributed by atoms with E-state index in [9.17, 15) is 9.59 Å². The van der Waals surface area contributed by atoms with Crippen LogP contribution < -0.4 is 0 Å². The van der Waals surface area contributed by atoms with Gasteiger partial charge in [-0.05, 0) is 44.9 Å². The van der Waals surface area contributed by atoms with Crippen molar-refractivity contribution in [3.05, 3.63) is 0 Å². The summed E-state index contributed by atoms with van der Waals surface area (Å²) in [7, 11) is 0. The lowest BCUT2D eigenvalue weighted by Gasteiger charge is -2.27. The third kappa shape index (κ3) is 15.5. The van der Waals surface area contributed by atoms with Crippen LogP contribution >= 0.6 is 0 Å². The van der Waals surface area contributed by atoms with Crippen molar-refractivity contribution in [3.8, 4) is 0 Å². The molecule has 6 heteroatoms. The maximum atomic E-state index is 12.0. The molecule has 1 atom stereocenters. The van der Waals surface area contributed by atoms with E-state index in [-0.39, 0.29) is 25.7 Å². The van der Waals surface area contributed by atoms with E-state index in [4.69, 9.17) is 9.90 Å². The van der Waals surface area contributed by atoms with E-state index >= 15 is 0 Å². The Morgan fingerprint density at radius 3 is 1.79 bits per heavy atom. The molecule has 168 valence electrons. The van der Waals surface area contributed by atoms with Gasteiger partial charge in [-0.25, -0.2) is 0 Å². The zero-order chi connectivity index (χ0) is 21.2. The SMILES string of the molecule is C.CC.CC(C)C.C[C@@H]1CCCN1C(=O)CCC(=O)N1CCCCC1.O=CO. The summed E-state index contributed by atoms with van der Waals surface area (Å²) in [6.07, 6.45) is 6.44. The van der Waals surface area contributed by atoms with Crippen LogP contribution in [0.25, 0.3) is 0 Å². The predicted octanol–water partition coefficient (Wildman–Crippen LogP) is 4.82. The Morgan fingerprint density at radius 1 is 0.964 bits per heavy atom. The number of piperidine rings is 1. The molecular weight excluding hydrogens is 356 g/mol. The highest BCUT2D eigenvalue weighted by Gasteiger charge is 2.25. The molecule has 2 aliphatic rings. The van der Waals surface area contributed by atoms with Gasteiger partial charge in [0.15, 0.2) is 0 Å². The topological polar surface area (TPSA) is 77.9 Å². The molecule has 2 fully saturated rings. The first-order valence-electron chi connectivity index (χ1n) is 10.5. The normalized spacial score (nSPS) is 17.6. The fourth-order valence-corrected chi connectivity index (χ4v) is 2.96. The van der Waals surface area contributed by atoms with E-state index in [2.05, 4.69) is 27.7 Å². The lowest BCUT2D eigenvalue weighted by Crippen LogP contribution is -2.37. The van der Waals surface area contributed by atoms with Crippen molar-refractivity contribution >= 4 is 18.3 Å². The van der Waals surface area contributed by atoms with Gasteiger partial charge in [0.1, 0.15) is 0 Å². The number of carbonyl (C=O) groups excluding carboxylic acids is 2. The van der Waals surface area contributed by atoms with Gasteiger partial charge in [0.25, 0.3) is 6.47 Å². The van der Waals surface area contributed by atoms with Crippen molar-refractivity contribution in [1.29, 1.82) is 0 Å². The first kappa shape index (κ1) is 31.1. The quantitative estimate of drug-likeness (QED) is 0.687. The molecule has 2 heterocycles. The Balaban J connectivity index is -0.000000536. The first-order chi connectivity index (χ1) is 12.8. The smallest absolute Gasteiger partial charge is 0.290 e. The summed E-state index contributed by atoms with van der Waals surface area (Å²) in [5, 5.41) is 6.89. The Hall–Kier alpha value is -1.59. The molecule has 1 N–H and O–H groups in total. The minimum atomic E-state index is -0.250. The molecule has 0 unspecified atom stereocenters. The van der Waals surface area contributed by atoms with Crippen LogP contribution in [-0.4, -0.2) is 58.9 Å². The van der Waals surface area contributed by atoms with Crippen LogP contribution in [0, 0.1) is 5.92 Å². The fraction of sp³-hybridized carbons (Fsp3) is 0.864. The van der Waals surface area contributed by atoms with E-state index in [1.165, 1.54) is 6.42 Å². The number of hydrogen-bond acceptors (Lipinski definition) is 3. The molecule has 0 aromatic carbocycles. The number of carboxylic acid groups (broad SMARTS) is 1. The molecule has 6 nitrogen and oxygen atoms in total. The summed E-state index contributed by atoms with van der Waals surface area (Å²) in [4.78, 5) is 36.2. The summed E-state index contributed by atoms with van der Waals surface area (Å²) >= 11 is 0. The number of likely N-dealkylation sites (tertiary alicyclic amines) is 2. The van der Waals surface area contributed by atoms with Gasteiger partial charge in [-0.15, -0.1) is 0 Å². The third-order valence-electron chi connectivity index (χ3n) is 4.13. The number of hydrogen-bond donors (Lipinski definition) is 1. The maximum absolute atomic E-state index is 12.0. The summed E-state index contributed by atoms with van der Waals surface area (Å²) in [6, 6.07) is 0.364. The van der Waals surface area contributed by atoms with Gasteiger partial charge in [-0.1, -0.05) is 42.0 Å². The first-order valence-corrected chi connectivity index (χ1v) is 10.5. The highest BCUT2D eigenvalue weighted by molar-refractivity contribution is 5.84. The van der Waals surface area contributed by atoms with E-state index in [1.807, 2.05) is 23.6 Å². The minimum Gasteiger partial charge on any atom is -0.483 e. The van der Waals surface area contributed by atoms with Gasteiger partial charge in [0, 0.05) is 38.5 Å². The Bertz CT molecular complexity index is 391. The van der Waals surface area contributed by atoms with Crippen LogP contribution in [0.2, 0.25) is 0 Å². The molecule has 2 rings (SSSR count). The van der Waals surface area contributed by atoms with Crippen molar-refractivity contribution in [1.82, 2.24) is 9.80 Å². The minimum absolute atomic E-state index is 0. The molecule has 0 saturated carbocycles. The van der Waals surface area contributed by atoms with Crippen molar-refractivity contribution in [2.75, 3.05) is 19.6 Å². The van der Waals surface area contributed by atoms with Crippen LogP contribution in [0.3, 0.4) is 0 Å². The summed E-state index contributed by atoms with van der Waals surface area (Å²) < 4.78 is 0. The second kappa shape index (κ2) is 20.2. The molecule has 28 heavy (non-hydrogen) atoms. The van der Waals surface area contributed by atoms with E-state index in [0.29, 0.717) is 18.9 Å². The van der Waals surface area contributed by atoms with Gasteiger partial charge in [0.05, 0.1) is 0 Å². The van der Waals surface area contributed by atoms with Crippen molar-refractivity contribution < 1.29 is 19.5 Å². The van der Waals surface area contributed by atoms with Crippen LogP contribution in [0.15, 0.2) is 0 Å². The molecule has 2 saturated heterocycles. The zero-order valence-electron chi connectivity index (χ0n) is 18.4. The lowest BCUT2D eigenvalue weighted by molar-refractivity contribution is -0.137. The highest BCUT2D eigenvalue weighted by atomic mass is 16.3. The zero-order valence-corrected chi connectivity index (χ0v) is 18.4. The Labute approximate surface area is 173 Å². The second-order valence-electron chi connectivity index (χ2n) is 7.36. The monoisotopic (exact) mass is 402 g/mol. The van der Waals surface area contributed by atoms with Crippen LogP contribution in [0.5, 0.6) is 0 Å². The number of amides is 2. The van der Waals surface area contributed by atoms with Gasteiger partial charge < -0.3 is 14.9 Å². The molecule has 0 bridgehead atoms.